The van der Waals surface area contributed by atoms with E-state index in [2.05, 4.69) is 15.9 Å². The van der Waals surface area contributed by atoms with Gasteiger partial charge in [-0.25, -0.2) is 4.39 Å². The molecule has 0 aliphatic heterocycles. The lowest BCUT2D eigenvalue weighted by Crippen LogP contribution is -2.13. The number of aryl methyl sites for hydroxylation is 1. The fourth-order valence-corrected chi connectivity index (χ4v) is 2.33. The molecule has 2 N–H and O–H groups in total. The van der Waals surface area contributed by atoms with Crippen molar-refractivity contribution in [3.05, 3.63) is 57.7 Å². The zero-order chi connectivity index (χ0) is 12.4. The third-order valence-electron chi connectivity index (χ3n) is 2.75. The van der Waals surface area contributed by atoms with Gasteiger partial charge in [-0.15, -0.1) is 0 Å². The average Bonchev–Trinajstić information content (AvgIpc) is 2.68. The number of nitrogens with two attached hydrogens (primary N) is 1. The Hall–Kier alpha value is -1.13. The first kappa shape index (κ1) is 12.3. The summed E-state index contributed by atoms with van der Waals surface area (Å²) in [6, 6.07) is 6.36. The highest BCUT2D eigenvalue weighted by molar-refractivity contribution is 9.10. The Labute approximate surface area is 108 Å². The van der Waals surface area contributed by atoms with E-state index < -0.39 is 0 Å². The van der Waals surface area contributed by atoms with Crippen molar-refractivity contribution in [2.45, 2.75) is 19.4 Å². The number of rotatable bonds is 3. The molecule has 0 spiro atoms. The molecule has 90 valence electrons. The third kappa shape index (κ3) is 2.76. The van der Waals surface area contributed by atoms with Crippen molar-refractivity contribution in [1.29, 1.82) is 0 Å². The second-order valence-electron chi connectivity index (χ2n) is 3.98. The molecule has 0 amide bonds. The van der Waals surface area contributed by atoms with Crippen molar-refractivity contribution in [2.24, 2.45) is 5.73 Å². The Bertz CT molecular complexity index is 524. The van der Waals surface area contributed by atoms with Gasteiger partial charge < -0.3 is 10.2 Å². The minimum Gasteiger partial charge on any atom is -0.469 e. The molecular weight excluding hydrogens is 285 g/mol. The van der Waals surface area contributed by atoms with Crippen LogP contribution < -0.4 is 5.73 Å². The van der Waals surface area contributed by atoms with Crippen molar-refractivity contribution in [3.8, 4) is 0 Å². The molecule has 1 aromatic heterocycles. The summed E-state index contributed by atoms with van der Waals surface area (Å²) >= 11 is 3.34. The van der Waals surface area contributed by atoms with E-state index >= 15 is 0 Å². The molecule has 0 bridgehead atoms. The summed E-state index contributed by atoms with van der Waals surface area (Å²) in [5.74, 6) is 0.574. The third-order valence-corrected chi connectivity index (χ3v) is 3.49. The Balaban J connectivity index is 2.19. The van der Waals surface area contributed by atoms with Crippen LogP contribution in [0.25, 0.3) is 0 Å². The zero-order valence-electron chi connectivity index (χ0n) is 9.41. The van der Waals surface area contributed by atoms with Gasteiger partial charge in [0.2, 0.25) is 0 Å². The predicted octanol–water partition coefficient (Wildman–Crippen LogP) is 3.73. The lowest BCUT2D eigenvalue weighted by molar-refractivity contribution is 0.523. The van der Waals surface area contributed by atoms with Gasteiger partial charge in [-0.2, -0.15) is 0 Å². The van der Waals surface area contributed by atoms with Crippen molar-refractivity contribution >= 4 is 15.9 Å². The molecule has 0 fully saturated rings. The minimum absolute atomic E-state index is 0.143. The summed E-state index contributed by atoms with van der Waals surface area (Å²) in [4.78, 5) is 0. The Kier molecular flexibility index (Phi) is 3.64. The van der Waals surface area contributed by atoms with Crippen LogP contribution in [0.4, 0.5) is 4.39 Å². The number of hydrogen-bond acceptors (Lipinski definition) is 2. The molecule has 1 atom stereocenters. The average molecular weight is 298 g/mol. The molecule has 4 heteroatoms. The largest absolute Gasteiger partial charge is 0.469 e. The Morgan fingerprint density at radius 3 is 2.76 bits per heavy atom. The van der Waals surface area contributed by atoms with Gasteiger partial charge >= 0.3 is 0 Å². The van der Waals surface area contributed by atoms with Gasteiger partial charge in [0.15, 0.2) is 0 Å². The number of halogens is 2. The van der Waals surface area contributed by atoms with Gasteiger partial charge in [0.05, 0.1) is 6.26 Å². The monoisotopic (exact) mass is 297 g/mol. The quantitative estimate of drug-likeness (QED) is 0.937. The lowest BCUT2D eigenvalue weighted by atomic mass is 10.0. The smallest absolute Gasteiger partial charge is 0.124 e. The van der Waals surface area contributed by atoms with Gasteiger partial charge in [-0.1, -0.05) is 22.0 Å². The van der Waals surface area contributed by atoms with Gasteiger partial charge in [0, 0.05) is 16.1 Å². The first-order valence-corrected chi connectivity index (χ1v) is 6.10. The molecule has 0 aliphatic rings. The normalized spacial score (nSPS) is 12.7. The van der Waals surface area contributed by atoms with E-state index in [1.54, 1.807) is 12.3 Å². The van der Waals surface area contributed by atoms with E-state index in [0.717, 1.165) is 21.4 Å². The standard InChI is InChI=1S/C13H13BrFNO/c1-8-11(4-5-17-8)13(16)6-9-2-3-10(15)7-12(9)14/h2-5,7,13H,6,16H2,1H3. The van der Waals surface area contributed by atoms with Gasteiger partial charge in [0.1, 0.15) is 11.6 Å². The van der Waals surface area contributed by atoms with Crippen molar-refractivity contribution in [1.82, 2.24) is 0 Å². The second kappa shape index (κ2) is 5.02. The van der Waals surface area contributed by atoms with Crippen LogP contribution in [0.2, 0.25) is 0 Å². The van der Waals surface area contributed by atoms with Crippen LogP contribution in [0.5, 0.6) is 0 Å². The van der Waals surface area contributed by atoms with Crippen molar-refractivity contribution in [3.63, 3.8) is 0 Å². The molecule has 0 saturated carbocycles. The fraction of sp³-hybridized carbons (Fsp3) is 0.231. The van der Waals surface area contributed by atoms with E-state index in [0.29, 0.717) is 6.42 Å². The van der Waals surface area contributed by atoms with Crippen LogP contribution in [0, 0.1) is 12.7 Å². The summed E-state index contributed by atoms with van der Waals surface area (Å²) in [5, 5.41) is 0. The van der Waals surface area contributed by atoms with E-state index in [4.69, 9.17) is 10.2 Å². The number of benzene rings is 1. The number of furan rings is 1. The molecule has 0 aliphatic carbocycles. The maximum Gasteiger partial charge on any atom is 0.124 e. The maximum absolute atomic E-state index is 12.9. The highest BCUT2D eigenvalue weighted by Crippen LogP contribution is 2.25. The van der Waals surface area contributed by atoms with Crippen LogP contribution in [0.3, 0.4) is 0 Å². The summed E-state index contributed by atoms with van der Waals surface area (Å²) in [6.07, 6.45) is 2.27. The molecule has 1 aromatic carbocycles. The highest BCUT2D eigenvalue weighted by Gasteiger charge is 2.13. The highest BCUT2D eigenvalue weighted by atomic mass is 79.9. The summed E-state index contributed by atoms with van der Waals surface area (Å²) in [5.41, 5.74) is 8.08. The van der Waals surface area contributed by atoms with E-state index in [-0.39, 0.29) is 11.9 Å². The summed E-state index contributed by atoms with van der Waals surface area (Å²) < 4.78 is 18.9. The minimum atomic E-state index is -0.256. The summed E-state index contributed by atoms with van der Waals surface area (Å²) in [7, 11) is 0. The second-order valence-corrected chi connectivity index (χ2v) is 4.83. The zero-order valence-corrected chi connectivity index (χ0v) is 11.0. The Morgan fingerprint density at radius 2 is 2.18 bits per heavy atom. The molecule has 17 heavy (non-hydrogen) atoms. The van der Waals surface area contributed by atoms with Crippen molar-refractivity contribution in [2.75, 3.05) is 0 Å². The molecule has 0 radical (unpaired) electrons. The van der Waals surface area contributed by atoms with Gasteiger partial charge in [0.25, 0.3) is 0 Å². The van der Waals surface area contributed by atoms with E-state index in [1.165, 1.54) is 12.1 Å². The molecule has 2 nitrogen and oxygen atoms in total. The SMILES string of the molecule is Cc1occc1C(N)Cc1ccc(F)cc1Br. The Morgan fingerprint density at radius 1 is 1.41 bits per heavy atom. The molecular formula is C13H13BrFNO. The fourth-order valence-electron chi connectivity index (χ4n) is 1.81. The molecule has 1 unspecified atom stereocenters. The van der Waals surface area contributed by atoms with E-state index in [9.17, 15) is 4.39 Å². The first-order chi connectivity index (χ1) is 8.08. The van der Waals surface area contributed by atoms with Crippen LogP contribution in [0.1, 0.15) is 22.9 Å². The molecule has 2 rings (SSSR count). The lowest BCUT2D eigenvalue weighted by Gasteiger charge is -2.12. The van der Waals surface area contributed by atoms with E-state index in [1.807, 2.05) is 13.0 Å². The van der Waals surface area contributed by atoms with Crippen molar-refractivity contribution < 1.29 is 8.81 Å². The van der Waals surface area contributed by atoms with Crippen LogP contribution in [0.15, 0.2) is 39.4 Å². The van der Waals surface area contributed by atoms with Crippen LogP contribution >= 0.6 is 15.9 Å². The predicted molar refractivity (Wildman–Crippen MR) is 68.2 cm³/mol. The number of hydrogen-bond donors (Lipinski definition) is 1. The molecule has 1 heterocycles. The van der Waals surface area contributed by atoms with Crippen LogP contribution in [-0.4, -0.2) is 0 Å². The molecule has 2 aromatic rings. The first-order valence-electron chi connectivity index (χ1n) is 5.31. The van der Waals surface area contributed by atoms with Crippen LogP contribution in [-0.2, 0) is 6.42 Å². The molecule has 0 saturated heterocycles. The van der Waals surface area contributed by atoms with Gasteiger partial charge in [-0.3, -0.25) is 0 Å². The topological polar surface area (TPSA) is 39.2 Å². The summed E-state index contributed by atoms with van der Waals surface area (Å²) in [6.45, 7) is 1.88. The van der Waals surface area contributed by atoms with Gasteiger partial charge in [-0.05, 0) is 37.1 Å². The maximum atomic E-state index is 12.9.